The first-order valence-electron chi connectivity index (χ1n) is 5.51. The molecule has 1 amide bonds. The number of hydrogen-bond acceptors (Lipinski definition) is 2. The van der Waals surface area contributed by atoms with E-state index in [4.69, 9.17) is 0 Å². The van der Waals surface area contributed by atoms with Crippen LogP contribution in [0.1, 0.15) is 18.1 Å². The predicted octanol–water partition coefficient (Wildman–Crippen LogP) is 2.80. The molecule has 0 aliphatic rings. The first kappa shape index (κ1) is 14.9. The van der Waals surface area contributed by atoms with Gasteiger partial charge in [-0.1, -0.05) is 24.0 Å². The van der Waals surface area contributed by atoms with Crippen LogP contribution < -0.4 is 5.32 Å². The number of benzene rings is 1. The molecule has 0 saturated carbocycles. The molecule has 102 valence electrons. The summed E-state index contributed by atoms with van der Waals surface area (Å²) >= 11 is 0. The van der Waals surface area contributed by atoms with E-state index in [0.717, 1.165) is 6.07 Å². The molecule has 1 rings (SSSR count). The lowest BCUT2D eigenvalue weighted by molar-refractivity contribution is -0.137. The van der Waals surface area contributed by atoms with Crippen LogP contribution >= 0.6 is 0 Å². The van der Waals surface area contributed by atoms with Crippen molar-refractivity contribution in [3.63, 3.8) is 0 Å². The van der Waals surface area contributed by atoms with Crippen molar-refractivity contribution in [2.24, 2.45) is 0 Å². The van der Waals surface area contributed by atoms with Gasteiger partial charge in [0.15, 0.2) is 0 Å². The van der Waals surface area contributed by atoms with Gasteiger partial charge in [0.25, 0.3) is 0 Å². The van der Waals surface area contributed by atoms with Gasteiger partial charge in [0.1, 0.15) is 0 Å². The van der Waals surface area contributed by atoms with Crippen LogP contribution in [0.25, 0.3) is 0 Å². The maximum atomic E-state index is 12.6. The first-order valence-corrected chi connectivity index (χ1v) is 5.51. The van der Waals surface area contributed by atoms with E-state index in [2.05, 4.69) is 21.9 Å². The Bertz CT molecular complexity index is 501. The van der Waals surface area contributed by atoms with Crippen molar-refractivity contribution in [2.75, 3.05) is 13.2 Å². The van der Waals surface area contributed by atoms with Crippen LogP contribution in [0.4, 0.5) is 18.0 Å². The third kappa shape index (κ3) is 4.92. The summed E-state index contributed by atoms with van der Waals surface area (Å²) in [6.45, 7) is 1.78. The molecule has 3 nitrogen and oxygen atoms in total. The quantitative estimate of drug-likeness (QED) is 0.840. The summed E-state index contributed by atoms with van der Waals surface area (Å²) in [5, 5.41) is 2.30. The fourth-order valence-corrected chi connectivity index (χ4v) is 1.28. The molecule has 0 aromatic heterocycles. The third-order valence-electron chi connectivity index (χ3n) is 2.05. The van der Waals surface area contributed by atoms with Crippen molar-refractivity contribution < 1.29 is 22.7 Å². The normalized spacial score (nSPS) is 10.3. The molecular formula is C13H12F3NO2. The zero-order valence-electron chi connectivity index (χ0n) is 10.2. The lowest BCUT2D eigenvalue weighted by Crippen LogP contribution is -2.24. The van der Waals surface area contributed by atoms with E-state index < -0.39 is 17.8 Å². The average molecular weight is 271 g/mol. The Hall–Kier alpha value is -2.16. The molecule has 0 aliphatic heterocycles. The summed E-state index contributed by atoms with van der Waals surface area (Å²) in [4.78, 5) is 10.9. The van der Waals surface area contributed by atoms with Gasteiger partial charge in [-0.2, -0.15) is 13.2 Å². The topological polar surface area (TPSA) is 38.3 Å². The van der Waals surface area contributed by atoms with Gasteiger partial charge in [-0.25, -0.2) is 4.79 Å². The fourth-order valence-electron chi connectivity index (χ4n) is 1.28. The highest BCUT2D eigenvalue weighted by atomic mass is 19.4. The van der Waals surface area contributed by atoms with Crippen LogP contribution in [0, 0.1) is 11.8 Å². The molecule has 0 aliphatic carbocycles. The van der Waals surface area contributed by atoms with Crippen molar-refractivity contribution in [3.05, 3.63) is 35.4 Å². The van der Waals surface area contributed by atoms with E-state index in [1.165, 1.54) is 18.2 Å². The number of nitrogens with one attached hydrogen (secondary N) is 1. The summed E-state index contributed by atoms with van der Waals surface area (Å²) in [5.41, 5.74) is -0.917. The molecule has 6 heteroatoms. The number of hydrogen-bond donors (Lipinski definition) is 1. The predicted molar refractivity (Wildman–Crippen MR) is 63.3 cm³/mol. The van der Waals surface area contributed by atoms with E-state index in [1.807, 2.05) is 0 Å². The Kier molecular flexibility index (Phi) is 5.24. The Morgan fingerprint density at radius 2 is 2.05 bits per heavy atom. The highest BCUT2D eigenvalue weighted by Crippen LogP contribution is 2.31. The summed E-state index contributed by atoms with van der Waals surface area (Å²) in [5.74, 6) is 4.82. The molecule has 1 N–H and O–H groups in total. The SMILES string of the molecule is CCOC(=O)NCC#Cc1ccccc1C(F)(F)F. The molecule has 0 fully saturated rings. The Balaban J connectivity index is 2.71. The Morgan fingerprint density at radius 3 is 2.68 bits per heavy atom. The van der Waals surface area contributed by atoms with Crippen LogP contribution in [-0.4, -0.2) is 19.2 Å². The van der Waals surface area contributed by atoms with Crippen molar-refractivity contribution in [1.82, 2.24) is 5.32 Å². The second kappa shape index (κ2) is 6.69. The van der Waals surface area contributed by atoms with E-state index in [9.17, 15) is 18.0 Å². The van der Waals surface area contributed by atoms with Crippen molar-refractivity contribution in [1.29, 1.82) is 0 Å². The van der Waals surface area contributed by atoms with Gasteiger partial charge in [0, 0.05) is 5.56 Å². The Morgan fingerprint density at radius 1 is 1.37 bits per heavy atom. The third-order valence-corrected chi connectivity index (χ3v) is 2.05. The lowest BCUT2D eigenvalue weighted by Gasteiger charge is -2.08. The number of alkyl carbamates (subject to hydrolysis) is 1. The fraction of sp³-hybridized carbons (Fsp3) is 0.308. The maximum Gasteiger partial charge on any atom is 0.417 e. The van der Waals surface area contributed by atoms with Crippen LogP contribution in [0.3, 0.4) is 0 Å². The number of alkyl halides is 3. The molecule has 1 aromatic rings. The van der Waals surface area contributed by atoms with Crippen LogP contribution in [-0.2, 0) is 10.9 Å². The summed E-state index contributed by atoms with van der Waals surface area (Å²) in [7, 11) is 0. The van der Waals surface area contributed by atoms with E-state index in [0.29, 0.717) is 0 Å². The van der Waals surface area contributed by atoms with Crippen LogP contribution in [0.5, 0.6) is 0 Å². The second-order valence-electron chi connectivity index (χ2n) is 3.42. The molecule has 0 atom stereocenters. The van der Waals surface area contributed by atoms with Gasteiger partial charge in [-0.15, -0.1) is 0 Å². The van der Waals surface area contributed by atoms with E-state index >= 15 is 0 Å². The standard InChI is InChI=1S/C13H12F3NO2/c1-2-19-12(18)17-9-5-7-10-6-3-4-8-11(10)13(14,15)16/h3-4,6,8H,2,9H2,1H3,(H,17,18). The maximum absolute atomic E-state index is 12.6. The molecule has 0 heterocycles. The number of halogens is 3. The van der Waals surface area contributed by atoms with Gasteiger partial charge in [0.2, 0.25) is 0 Å². The van der Waals surface area contributed by atoms with Crippen molar-refractivity contribution in [2.45, 2.75) is 13.1 Å². The Labute approximate surface area is 108 Å². The molecule has 1 aromatic carbocycles. The largest absolute Gasteiger partial charge is 0.450 e. The minimum absolute atomic E-state index is 0.0783. The number of amides is 1. The molecule has 0 unspecified atom stereocenters. The van der Waals surface area contributed by atoms with Crippen molar-refractivity contribution in [3.8, 4) is 11.8 Å². The highest BCUT2D eigenvalue weighted by molar-refractivity contribution is 5.67. The average Bonchev–Trinajstić information content (AvgIpc) is 2.34. The number of ether oxygens (including phenoxy) is 1. The number of carbonyl (C=O) groups excluding carboxylic acids is 1. The van der Waals surface area contributed by atoms with Gasteiger partial charge in [-0.3, -0.25) is 0 Å². The van der Waals surface area contributed by atoms with Gasteiger partial charge >= 0.3 is 12.3 Å². The van der Waals surface area contributed by atoms with Crippen molar-refractivity contribution >= 4 is 6.09 Å². The summed E-state index contributed by atoms with van der Waals surface area (Å²) in [6.07, 6.45) is -5.10. The molecule has 0 radical (unpaired) electrons. The van der Waals surface area contributed by atoms with Crippen LogP contribution in [0.2, 0.25) is 0 Å². The van der Waals surface area contributed by atoms with Gasteiger partial charge in [-0.05, 0) is 19.1 Å². The smallest absolute Gasteiger partial charge is 0.417 e. The number of carbonyl (C=O) groups is 1. The molecule has 0 bridgehead atoms. The van der Waals surface area contributed by atoms with E-state index in [-0.39, 0.29) is 18.7 Å². The molecule has 0 spiro atoms. The zero-order valence-corrected chi connectivity index (χ0v) is 10.2. The zero-order chi connectivity index (χ0) is 14.3. The molecule has 19 heavy (non-hydrogen) atoms. The number of rotatable bonds is 2. The highest BCUT2D eigenvalue weighted by Gasteiger charge is 2.32. The molecular weight excluding hydrogens is 259 g/mol. The summed E-state index contributed by atoms with van der Waals surface area (Å²) in [6, 6.07) is 5.01. The van der Waals surface area contributed by atoms with Gasteiger partial charge < -0.3 is 10.1 Å². The van der Waals surface area contributed by atoms with Crippen LogP contribution in [0.15, 0.2) is 24.3 Å². The minimum Gasteiger partial charge on any atom is -0.450 e. The lowest BCUT2D eigenvalue weighted by atomic mass is 10.1. The second-order valence-corrected chi connectivity index (χ2v) is 3.42. The van der Waals surface area contributed by atoms with E-state index in [1.54, 1.807) is 6.92 Å². The monoisotopic (exact) mass is 271 g/mol. The minimum atomic E-state index is -4.44. The molecule has 0 saturated heterocycles. The summed E-state index contributed by atoms with van der Waals surface area (Å²) < 4.78 is 42.5. The van der Waals surface area contributed by atoms with Gasteiger partial charge in [0.05, 0.1) is 18.7 Å². The first-order chi connectivity index (χ1) is 8.95.